The van der Waals surface area contributed by atoms with Gasteiger partial charge >= 0.3 is 0 Å². The molecule has 0 bridgehead atoms. The minimum atomic E-state index is -0.763. The standard InChI is InChI=1S/C27H30N2O5S/c1-4-5-6-7-14-33-20-12-10-19(11-13-20)23-22(24(30)26-17(2)28-18(3)35-26)25(31)27(32)29(23)16-21-9-8-15-34-21/h8-13,15,23,31H,4-7,14,16H2,1-3H3. The summed E-state index contributed by atoms with van der Waals surface area (Å²) in [4.78, 5) is 33.0. The van der Waals surface area contributed by atoms with Crippen LogP contribution in [0.25, 0.3) is 0 Å². The van der Waals surface area contributed by atoms with Gasteiger partial charge in [0.05, 0.1) is 46.6 Å². The molecule has 1 atom stereocenters. The highest BCUT2D eigenvalue weighted by molar-refractivity contribution is 7.14. The average Bonchev–Trinajstić information content (AvgIpc) is 3.54. The number of hydrogen-bond acceptors (Lipinski definition) is 7. The number of aliphatic hydroxyl groups is 1. The molecule has 1 aromatic carbocycles. The number of carbonyl (C=O) groups is 2. The number of hydrogen-bond donors (Lipinski definition) is 1. The lowest BCUT2D eigenvalue weighted by molar-refractivity contribution is -0.130. The van der Waals surface area contributed by atoms with Gasteiger partial charge in [0.1, 0.15) is 11.5 Å². The Bertz CT molecular complexity index is 1210. The smallest absolute Gasteiger partial charge is 0.290 e. The molecule has 4 rings (SSSR count). The van der Waals surface area contributed by atoms with E-state index in [9.17, 15) is 14.7 Å². The first-order valence-corrected chi connectivity index (χ1v) is 12.7. The number of unbranched alkanes of at least 4 members (excludes halogenated alkanes) is 3. The van der Waals surface area contributed by atoms with E-state index in [1.165, 1.54) is 35.3 Å². The maximum absolute atomic E-state index is 13.6. The summed E-state index contributed by atoms with van der Waals surface area (Å²) >= 11 is 1.26. The normalized spacial score (nSPS) is 15.8. The number of benzene rings is 1. The van der Waals surface area contributed by atoms with Crippen LogP contribution in [-0.4, -0.2) is 33.3 Å². The molecular formula is C27H30N2O5S. The monoisotopic (exact) mass is 494 g/mol. The molecule has 0 radical (unpaired) electrons. The Labute approximate surface area is 209 Å². The highest BCUT2D eigenvalue weighted by Gasteiger charge is 2.44. The van der Waals surface area contributed by atoms with E-state index in [2.05, 4.69) is 11.9 Å². The van der Waals surface area contributed by atoms with Crippen molar-refractivity contribution in [1.82, 2.24) is 9.88 Å². The van der Waals surface area contributed by atoms with Crippen LogP contribution in [0.15, 0.2) is 58.4 Å². The zero-order valence-electron chi connectivity index (χ0n) is 20.2. The third-order valence-corrected chi connectivity index (χ3v) is 7.10. The van der Waals surface area contributed by atoms with Gasteiger partial charge in [-0.05, 0) is 50.1 Å². The molecule has 0 aliphatic carbocycles. The minimum Gasteiger partial charge on any atom is -0.503 e. The van der Waals surface area contributed by atoms with Gasteiger partial charge in [0.25, 0.3) is 5.91 Å². The molecule has 1 aliphatic heterocycles. The molecule has 1 N–H and O–H groups in total. The average molecular weight is 495 g/mol. The molecule has 1 unspecified atom stereocenters. The number of amides is 1. The van der Waals surface area contributed by atoms with Crippen molar-refractivity contribution in [2.24, 2.45) is 0 Å². The minimum absolute atomic E-state index is 0.0570. The lowest BCUT2D eigenvalue weighted by atomic mass is 9.95. The summed E-state index contributed by atoms with van der Waals surface area (Å²) in [6.07, 6.45) is 6.01. The van der Waals surface area contributed by atoms with Gasteiger partial charge in [-0.2, -0.15) is 0 Å². The van der Waals surface area contributed by atoms with Gasteiger partial charge in [0.15, 0.2) is 5.76 Å². The van der Waals surface area contributed by atoms with E-state index < -0.39 is 17.7 Å². The third-order valence-electron chi connectivity index (χ3n) is 6.03. The van der Waals surface area contributed by atoms with Crippen molar-refractivity contribution in [3.63, 3.8) is 0 Å². The van der Waals surface area contributed by atoms with Crippen molar-refractivity contribution in [2.75, 3.05) is 6.61 Å². The van der Waals surface area contributed by atoms with Crippen LogP contribution in [0.2, 0.25) is 0 Å². The molecule has 35 heavy (non-hydrogen) atoms. The lowest BCUT2D eigenvalue weighted by Crippen LogP contribution is -2.30. The first-order chi connectivity index (χ1) is 16.9. The Balaban J connectivity index is 1.64. The second-order valence-corrected chi connectivity index (χ2v) is 9.84. The van der Waals surface area contributed by atoms with E-state index in [4.69, 9.17) is 9.15 Å². The number of rotatable bonds is 11. The van der Waals surface area contributed by atoms with E-state index in [0.717, 1.165) is 23.6 Å². The fraction of sp³-hybridized carbons (Fsp3) is 0.370. The molecule has 184 valence electrons. The fourth-order valence-electron chi connectivity index (χ4n) is 4.30. The Hall–Kier alpha value is -3.39. The molecule has 2 aromatic heterocycles. The molecule has 0 saturated carbocycles. The SMILES string of the molecule is CCCCCCOc1ccc(C2C(C(=O)c3sc(C)nc3C)=C(O)C(=O)N2Cc2ccco2)cc1. The van der Waals surface area contributed by atoms with Gasteiger partial charge in [-0.25, -0.2) is 4.98 Å². The predicted molar refractivity (Wildman–Crippen MR) is 134 cm³/mol. The Kier molecular flexibility index (Phi) is 7.70. The van der Waals surface area contributed by atoms with Gasteiger partial charge in [0, 0.05) is 0 Å². The zero-order chi connectivity index (χ0) is 24.9. The number of ether oxygens (including phenoxy) is 1. The third kappa shape index (κ3) is 5.32. The number of nitrogens with zero attached hydrogens (tertiary/aromatic N) is 2. The van der Waals surface area contributed by atoms with Crippen LogP contribution in [-0.2, 0) is 11.3 Å². The van der Waals surface area contributed by atoms with Crippen LogP contribution >= 0.6 is 11.3 Å². The van der Waals surface area contributed by atoms with Crippen LogP contribution in [0.3, 0.4) is 0 Å². The molecular weight excluding hydrogens is 464 g/mol. The fourth-order valence-corrected chi connectivity index (χ4v) is 5.17. The predicted octanol–water partition coefficient (Wildman–Crippen LogP) is 6.09. The van der Waals surface area contributed by atoms with Crippen LogP contribution in [0.5, 0.6) is 5.75 Å². The van der Waals surface area contributed by atoms with Crippen molar-refractivity contribution in [1.29, 1.82) is 0 Å². The maximum atomic E-state index is 13.6. The topological polar surface area (TPSA) is 92.9 Å². The Morgan fingerprint density at radius 3 is 2.57 bits per heavy atom. The zero-order valence-corrected chi connectivity index (χ0v) is 21.1. The summed E-state index contributed by atoms with van der Waals surface area (Å²) in [7, 11) is 0. The van der Waals surface area contributed by atoms with E-state index >= 15 is 0 Å². The van der Waals surface area contributed by atoms with E-state index in [1.54, 1.807) is 19.1 Å². The van der Waals surface area contributed by atoms with E-state index in [0.29, 0.717) is 28.5 Å². The van der Waals surface area contributed by atoms with Gasteiger partial charge in [-0.1, -0.05) is 38.3 Å². The largest absolute Gasteiger partial charge is 0.503 e. The second kappa shape index (κ2) is 10.9. The number of thiazole rings is 1. The summed E-state index contributed by atoms with van der Waals surface area (Å²) in [6.45, 7) is 6.51. The Morgan fingerprint density at radius 2 is 1.94 bits per heavy atom. The molecule has 0 spiro atoms. The summed E-state index contributed by atoms with van der Waals surface area (Å²) in [5, 5.41) is 11.6. The van der Waals surface area contributed by atoms with Gasteiger partial charge in [-0.15, -0.1) is 11.3 Å². The quantitative estimate of drug-likeness (QED) is 0.256. The first kappa shape index (κ1) is 24.7. The summed E-state index contributed by atoms with van der Waals surface area (Å²) in [5.41, 5.74) is 1.34. The number of carbonyl (C=O) groups excluding carboxylic acids is 2. The van der Waals surface area contributed by atoms with Gasteiger partial charge in [-0.3, -0.25) is 9.59 Å². The number of ketones is 1. The second-order valence-electron chi connectivity index (χ2n) is 8.63. The number of aryl methyl sites for hydroxylation is 2. The number of aliphatic hydroxyl groups excluding tert-OH is 1. The van der Waals surface area contributed by atoms with E-state index in [-0.39, 0.29) is 17.9 Å². The van der Waals surface area contributed by atoms with E-state index in [1.807, 2.05) is 31.2 Å². The summed E-state index contributed by atoms with van der Waals surface area (Å²) in [6, 6.07) is 10.1. The van der Waals surface area contributed by atoms with Gasteiger partial charge in [0.2, 0.25) is 5.78 Å². The van der Waals surface area contributed by atoms with Crippen molar-refractivity contribution in [2.45, 2.75) is 59.0 Å². The first-order valence-electron chi connectivity index (χ1n) is 11.9. The number of aromatic nitrogens is 1. The number of furan rings is 1. The molecule has 1 amide bonds. The van der Waals surface area contributed by atoms with Crippen molar-refractivity contribution in [3.8, 4) is 5.75 Å². The lowest BCUT2D eigenvalue weighted by Gasteiger charge is -2.26. The van der Waals surface area contributed by atoms with Crippen molar-refractivity contribution < 1.29 is 23.8 Å². The summed E-state index contributed by atoms with van der Waals surface area (Å²) in [5.74, 6) is -0.246. The van der Waals surface area contributed by atoms with Crippen LogP contribution in [0.1, 0.15) is 70.3 Å². The molecule has 3 heterocycles. The van der Waals surface area contributed by atoms with Crippen LogP contribution < -0.4 is 4.74 Å². The highest BCUT2D eigenvalue weighted by atomic mass is 32.1. The number of Topliss-reactive ketones (excluding diaryl/α,β-unsaturated/α-hetero) is 1. The molecule has 8 heteroatoms. The highest BCUT2D eigenvalue weighted by Crippen LogP contribution is 2.41. The van der Waals surface area contributed by atoms with Crippen molar-refractivity contribution in [3.05, 3.63) is 80.9 Å². The van der Waals surface area contributed by atoms with Crippen LogP contribution in [0, 0.1) is 13.8 Å². The molecule has 0 saturated heterocycles. The Morgan fingerprint density at radius 1 is 1.17 bits per heavy atom. The molecule has 1 aliphatic rings. The maximum Gasteiger partial charge on any atom is 0.290 e. The van der Waals surface area contributed by atoms with Crippen LogP contribution in [0.4, 0.5) is 0 Å². The van der Waals surface area contributed by atoms with Gasteiger partial charge < -0.3 is 19.2 Å². The molecule has 3 aromatic rings. The molecule has 7 nitrogen and oxygen atoms in total. The molecule has 0 fully saturated rings. The summed E-state index contributed by atoms with van der Waals surface area (Å²) < 4.78 is 11.3. The van der Waals surface area contributed by atoms with Crippen molar-refractivity contribution >= 4 is 23.0 Å².